The fourth-order valence-electron chi connectivity index (χ4n) is 3.19. The van der Waals surface area contributed by atoms with E-state index < -0.39 is 0 Å². The molecule has 2 heterocycles. The van der Waals surface area contributed by atoms with Crippen LogP contribution in [0.5, 0.6) is 0 Å². The Morgan fingerprint density at radius 3 is 3.00 bits per heavy atom. The average molecular weight is 256 g/mol. The molecule has 0 aliphatic carbocycles. The largest absolute Gasteiger partial charge is 0.337 e. The summed E-state index contributed by atoms with van der Waals surface area (Å²) >= 11 is 0. The molecule has 3 rings (SSSR count). The Morgan fingerprint density at radius 1 is 1.42 bits per heavy atom. The van der Waals surface area contributed by atoms with Crippen LogP contribution in [0.2, 0.25) is 0 Å². The first-order valence-corrected chi connectivity index (χ1v) is 7.04. The van der Waals surface area contributed by atoms with Gasteiger partial charge >= 0.3 is 0 Å². The first-order chi connectivity index (χ1) is 9.22. The van der Waals surface area contributed by atoms with Gasteiger partial charge in [-0.1, -0.05) is 25.1 Å². The number of nitrogens with one attached hydrogen (secondary N) is 1. The highest BCUT2D eigenvalue weighted by Crippen LogP contribution is 2.31. The zero-order valence-electron chi connectivity index (χ0n) is 11.6. The van der Waals surface area contributed by atoms with Gasteiger partial charge in [-0.2, -0.15) is 0 Å². The van der Waals surface area contributed by atoms with Crippen molar-refractivity contribution in [3.63, 3.8) is 0 Å². The Balaban J connectivity index is 2.32. The number of carbonyl (C=O) groups is 1. The minimum Gasteiger partial charge on any atom is -0.337 e. The Kier molecular flexibility index (Phi) is 3.15. The number of nitrogens with zero attached hydrogens (tertiary/aromatic N) is 1. The predicted molar refractivity (Wildman–Crippen MR) is 77.4 cm³/mol. The summed E-state index contributed by atoms with van der Waals surface area (Å²) in [6.07, 6.45) is 2.02. The van der Waals surface area contributed by atoms with Crippen molar-refractivity contribution in [1.82, 2.24) is 9.88 Å². The number of hydrogen-bond acceptors (Lipinski definition) is 2. The van der Waals surface area contributed by atoms with Crippen LogP contribution in [0.25, 0.3) is 10.9 Å². The molecule has 0 amide bonds. The molecule has 0 spiro atoms. The average Bonchev–Trinajstić information content (AvgIpc) is 2.73. The van der Waals surface area contributed by atoms with Gasteiger partial charge in [0.05, 0.1) is 12.1 Å². The summed E-state index contributed by atoms with van der Waals surface area (Å²) in [5, 5.41) is 4.76. The molecule has 1 aliphatic heterocycles. The van der Waals surface area contributed by atoms with Gasteiger partial charge < -0.3 is 9.88 Å². The number of para-hydroxylation sites is 1. The van der Waals surface area contributed by atoms with E-state index in [0.717, 1.165) is 25.9 Å². The van der Waals surface area contributed by atoms with Crippen molar-refractivity contribution in [2.75, 3.05) is 6.54 Å². The minimum atomic E-state index is 0.226. The molecule has 3 nitrogen and oxygen atoms in total. The second-order valence-electron chi connectivity index (χ2n) is 5.31. The normalized spacial score (nSPS) is 14.6. The number of fused-ring (bicyclic) bond motifs is 3. The van der Waals surface area contributed by atoms with Gasteiger partial charge in [0.15, 0.2) is 0 Å². The number of hydrogen-bond donors (Lipinski definition) is 1. The lowest BCUT2D eigenvalue weighted by Gasteiger charge is -2.16. The van der Waals surface area contributed by atoms with Gasteiger partial charge in [0.25, 0.3) is 0 Å². The van der Waals surface area contributed by atoms with Crippen LogP contribution in [0.4, 0.5) is 0 Å². The highest BCUT2D eigenvalue weighted by atomic mass is 16.1. The van der Waals surface area contributed by atoms with Gasteiger partial charge in [0.1, 0.15) is 5.78 Å². The van der Waals surface area contributed by atoms with E-state index in [2.05, 4.69) is 35.0 Å². The molecule has 0 fully saturated rings. The number of carbonyl (C=O) groups excluding carboxylic acids is 1. The fourth-order valence-corrected chi connectivity index (χ4v) is 3.19. The lowest BCUT2D eigenvalue weighted by Crippen LogP contribution is -2.25. The van der Waals surface area contributed by atoms with Crippen molar-refractivity contribution in [1.29, 1.82) is 0 Å². The van der Waals surface area contributed by atoms with E-state index in [1.165, 1.54) is 27.7 Å². The molecule has 0 atom stereocenters. The molecule has 1 aliphatic rings. The molecule has 0 unspecified atom stereocenters. The van der Waals surface area contributed by atoms with Crippen molar-refractivity contribution in [2.45, 2.75) is 39.8 Å². The summed E-state index contributed by atoms with van der Waals surface area (Å²) in [5.41, 5.74) is 5.35. The van der Waals surface area contributed by atoms with E-state index in [9.17, 15) is 4.79 Å². The topological polar surface area (TPSA) is 34.0 Å². The third kappa shape index (κ3) is 1.98. The van der Waals surface area contributed by atoms with Crippen LogP contribution in [0, 0.1) is 0 Å². The summed E-state index contributed by atoms with van der Waals surface area (Å²) in [4.78, 5) is 11.6. The van der Waals surface area contributed by atoms with E-state index in [-0.39, 0.29) is 5.78 Å². The van der Waals surface area contributed by atoms with Gasteiger partial charge in [0, 0.05) is 30.6 Å². The van der Waals surface area contributed by atoms with E-state index in [0.29, 0.717) is 6.54 Å². The quantitative estimate of drug-likeness (QED) is 0.915. The van der Waals surface area contributed by atoms with Crippen molar-refractivity contribution >= 4 is 16.7 Å². The maximum Gasteiger partial charge on any atom is 0.149 e. The standard InChI is InChI=1S/C16H20N2O/c1-3-12-5-4-6-13-14-9-17-8-7-15(14)18(16(12)13)10-11(2)19/h4-6,17H,3,7-10H2,1-2H3. The lowest BCUT2D eigenvalue weighted by atomic mass is 10.0. The maximum atomic E-state index is 11.6. The number of aromatic nitrogens is 1. The molecule has 3 heteroatoms. The Labute approximate surface area is 113 Å². The van der Waals surface area contributed by atoms with Crippen LogP contribution in [-0.4, -0.2) is 16.9 Å². The van der Waals surface area contributed by atoms with Crippen molar-refractivity contribution in [3.8, 4) is 0 Å². The Bertz CT molecular complexity index is 640. The second kappa shape index (κ2) is 4.82. The van der Waals surface area contributed by atoms with E-state index >= 15 is 0 Å². The predicted octanol–water partition coefficient (Wildman–Crippen LogP) is 2.44. The first kappa shape index (κ1) is 12.4. The molecule has 1 aromatic heterocycles. The molecule has 19 heavy (non-hydrogen) atoms. The molecule has 1 N–H and O–H groups in total. The molecule has 0 radical (unpaired) electrons. The van der Waals surface area contributed by atoms with Crippen LogP contribution in [0.1, 0.15) is 30.7 Å². The maximum absolute atomic E-state index is 11.6. The third-order valence-corrected chi connectivity index (χ3v) is 3.99. The van der Waals surface area contributed by atoms with Crippen LogP contribution < -0.4 is 5.32 Å². The smallest absolute Gasteiger partial charge is 0.149 e. The van der Waals surface area contributed by atoms with Gasteiger partial charge in [-0.05, 0) is 24.5 Å². The molecule has 2 aromatic rings. The van der Waals surface area contributed by atoms with Gasteiger partial charge in [0.2, 0.25) is 0 Å². The van der Waals surface area contributed by atoms with Crippen LogP contribution in [0.15, 0.2) is 18.2 Å². The van der Waals surface area contributed by atoms with Crippen molar-refractivity contribution < 1.29 is 4.79 Å². The first-order valence-electron chi connectivity index (χ1n) is 7.04. The molecule has 0 bridgehead atoms. The van der Waals surface area contributed by atoms with E-state index in [1.807, 2.05) is 0 Å². The SMILES string of the molecule is CCc1cccc2c3c(n(CC(C)=O)c12)CCNC3. The highest BCUT2D eigenvalue weighted by Gasteiger charge is 2.21. The summed E-state index contributed by atoms with van der Waals surface area (Å²) in [6, 6.07) is 6.50. The molecular formula is C16H20N2O. The molecular weight excluding hydrogens is 236 g/mol. The van der Waals surface area contributed by atoms with Crippen molar-refractivity contribution in [3.05, 3.63) is 35.0 Å². The summed E-state index contributed by atoms with van der Waals surface area (Å²) in [7, 11) is 0. The molecule has 0 saturated heterocycles. The highest BCUT2D eigenvalue weighted by molar-refractivity contribution is 5.90. The fraction of sp³-hybridized carbons (Fsp3) is 0.438. The van der Waals surface area contributed by atoms with Crippen molar-refractivity contribution in [2.24, 2.45) is 0 Å². The molecule has 100 valence electrons. The van der Waals surface area contributed by atoms with Gasteiger partial charge in [-0.3, -0.25) is 4.79 Å². The zero-order valence-corrected chi connectivity index (χ0v) is 11.6. The lowest BCUT2D eigenvalue weighted by molar-refractivity contribution is -0.117. The monoisotopic (exact) mass is 256 g/mol. The second-order valence-corrected chi connectivity index (χ2v) is 5.31. The number of Topliss-reactive ketones (excluding diaryl/α,β-unsaturated/α-hetero) is 1. The van der Waals surface area contributed by atoms with E-state index in [1.54, 1.807) is 6.92 Å². The van der Waals surface area contributed by atoms with Crippen LogP contribution in [0.3, 0.4) is 0 Å². The van der Waals surface area contributed by atoms with E-state index in [4.69, 9.17) is 0 Å². The van der Waals surface area contributed by atoms with Gasteiger partial charge in [-0.25, -0.2) is 0 Å². The third-order valence-electron chi connectivity index (χ3n) is 3.99. The Morgan fingerprint density at radius 2 is 2.26 bits per heavy atom. The Hall–Kier alpha value is -1.61. The summed E-state index contributed by atoms with van der Waals surface area (Å²) in [5.74, 6) is 0.226. The number of ketones is 1. The zero-order chi connectivity index (χ0) is 13.4. The number of rotatable bonds is 3. The summed E-state index contributed by atoms with van der Waals surface area (Å²) < 4.78 is 2.26. The minimum absolute atomic E-state index is 0.226. The number of aryl methyl sites for hydroxylation is 1. The molecule has 1 aromatic carbocycles. The number of benzene rings is 1. The van der Waals surface area contributed by atoms with Gasteiger partial charge in [-0.15, -0.1) is 0 Å². The molecule has 0 saturated carbocycles. The summed E-state index contributed by atoms with van der Waals surface area (Å²) in [6.45, 7) is 6.28. The van der Waals surface area contributed by atoms with Crippen LogP contribution in [-0.2, 0) is 30.7 Å². The van der Waals surface area contributed by atoms with Crippen LogP contribution >= 0.6 is 0 Å².